The van der Waals surface area contributed by atoms with Gasteiger partial charge in [-0.3, -0.25) is 0 Å². The molecule has 1 saturated carbocycles. The third-order valence-electron chi connectivity index (χ3n) is 6.41. The quantitative estimate of drug-likeness (QED) is 0.0862. The number of alkyl halides is 1. The van der Waals surface area contributed by atoms with Gasteiger partial charge in [0.15, 0.2) is 18.8 Å². The Kier molecular flexibility index (Phi) is 11.9. The van der Waals surface area contributed by atoms with Crippen LogP contribution in [0.1, 0.15) is 19.3 Å². The number of likely N-dealkylation sites (N-methyl/N-ethyl adjacent to an activating group) is 1. The number of nitrogens with one attached hydrogen (secondary N) is 1. The van der Waals surface area contributed by atoms with Crippen LogP contribution in [0.3, 0.4) is 0 Å². The molecule has 0 radical (unpaired) electrons. The first-order valence-corrected chi connectivity index (χ1v) is 11.8. The van der Waals surface area contributed by atoms with E-state index in [1.54, 1.807) is 0 Å². The zero-order valence-electron chi connectivity index (χ0n) is 20.4. The molecule has 1 aliphatic heterocycles. The van der Waals surface area contributed by atoms with Crippen LogP contribution in [0.2, 0.25) is 0 Å². The molecule has 0 aromatic carbocycles. The van der Waals surface area contributed by atoms with Crippen LogP contribution < -0.4 is 28.3 Å². The van der Waals surface area contributed by atoms with Crippen LogP contribution in [0, 0.1) is 0 Å². The molecule has 0 aromatic rings. The summed E-state index contributed by atoms with van der Waals surface area (Å²) in [5.41, 5.74) is 22.5. The Labute approximate surface area is 213 Å². The highest BCUT2D eigenvalue weighted by molar-refractivity contribution is 5.10. The Morgan fingerprint density at radius 1 is 1.08 bits per heavy atom. The maximum atomic E-state index is 14.4. The highest BCUT2D eigenvalue weighted by Crippen LogP contribution is 2.26. The highest BCUT2D eigenvalue weighted by Gasteiger charge is 2.45. The first kappa shape index (κ1) is 31.5. The van der Waals surface area contributed by atoms with Gasteiger partial charge in [0.05, 0.1) is 18.3 Å². The molecule has 216 valence electrons. The summed E-state index contributed by atoms with van der Waals surface area (Å²) in [5, 5.41) is 72.7. The van der Waals surface area contributed by atoms with E-state index < -0.39 is 80.3 Å². The molecular weight excluding hydrogens is 501 g/mol. The van der Waals surface area contributed by atoms with Crippen molar-refractivity contribution in [2.75, 3.05) is 13.7 Å². The minimum Gasteiger partial charge on any atom is -0.510 e. The van der Waals surface area contributed by atoms with E-state index in [0.717, 1.165) is 0 Å². The number of hydrogen-bond acceptors (Lipinski definition) is 15. The van der Waals surface area contributed by atoms with Crippen LogP contribution in [0.5, 0.6) is 0 Å². The molecule has 1 heterocycles. The van der Waals surface area contributed by atoms with E-state index in [9.17, 15) is 40.1 Å². The summed E-state index contributed by atoms with van der Waals surface area (Å²) < 4.78 is 30.1. The molecule has 16 heteroatoms. The third-order valence-corrected chi connectivity index (χ3v) is 6.41. The first-order valence-electron chi connectivity index (χ1n) is 11.8. The second kappa shape index (κ2) is 13.9. The van der Waals surface area contributed by atoms with Gasteiger partial charge >= 0.3 is 0 Å². The zero-order chi connectivity index (χ0) is 28.0. The average molecular weight is 542 g/mol. The van der Waals surface area contributed by atoms with Crippen molar-refractivity contribution < 1.29 is 54.3 Å². The van der Waals surface area contributed by atoms with Crippen molar-refractivity contribution in [3.63, 3.8) is 0 Å². The van der Waals surface area contributed by atoms with E-state index in [1.165, 1.54) is 13.1 Å². The van der Waals surface area contributed by atoms with Gasteiger partial charge in [0.25, 0.3) is 0 Å². The van der Waals surface area contributed by atoms with Gasteiger partial charge in [-0.25, -0.2) is 4.39 Å². The summed E-state index contributed by atoms with van der Waals surface area (Å²) in [6.07, 6.45) is -12.9. The van der Waals surface area contributed by atoms with E-state index in [0.29, 0.717) is 0 Å². The lowest BCUT2D eigenvalue weighted by atomic mass is 9.85. The van der Waals surface area contributed by atoms with Gasteiger partial charge in [-0.2, -0.15) is 0 Å². The predicted octanol–water partition coefficient (Wildman–Crippen LogP) is -4.84. The molecular formula is C21H40FN5O10. The van der Waals surface area contributed by atoms with Crippen LogP contribution >= 0.6 is 0 Å². The van der Waals surface area contributed by atoms with Gasteiger partial charge in [-0.1, -0.05) is 6.08 Å². The second-order valence-corrected chi connectivity index (χ2v) is 9.08. The Balaban J connectivity index is 1.96. The number of halogens is 1. The van der Waals surface area contributed by atoms with E-state index >= 15 is 0 Å². The summed E-state index contributed by atoms with van der Waals surface area (Å²) in [7, 11) is 1.38. The van der Waals surface area contributed by atoms with Crippen LogP contribution in [0.4, 0.5) is 4.39 Å². The standard InChI is InChI=1S/C21H40FN5O10/c1-27-14(20(34)37-21-17(32)16(31)13(26)11(6-28)35-21)10(29)4-2-3-7(23)19(33)36-18-9(25)5-8(24)15(30)12(18)22/h3,8-9,11-13,15-21,27-34H,2,4-6,23-26H2,1H3/b7-3-,14-10+/t8-,9?,11?,12-,13-,15?,16?,17?,18-,19-,20?,21-/m1/s1. The Bertz CT molecular complexity index is 793. The molecule has 1 aliphatic carbocycles. The first-order chi connectivity index (χ1) is 17.3. The summed E-state index contributed by atoms with van der Waals surface area (Å²) in [6, 6.07) is -2.83. The topological polar surface area (TPSA) is 285 Å². The van der Waals surface area contributed by atoms with Crippen molar-refractivity contribution in [3.8, 4) is 0 Å². The molecule has 2 aliphatic rings. The molecule has 2 rings (SSSR count). The lowest BCUT2D eigenvalue weighted by molar-refractivity contribution is -0.308. The Morgan fingerprint density at radius 3 is 2.32 bits per heavy atom. The number of aliphatic hydroxyl groups is 7. The molecule has 0 bridgehead atoms. The van der Waals surface area contributed by atoms with Crippen LogP contribution in [0.15, 0.2) is 23.2 Å². The molecule has 0 amide bonds. The van der Waals surface area contributed by atoms with Crippen LogP contribution in [-0.2, 0) is 14.2 Å². The van der Waals surface area contributed by atoms with Crippen molar-refractivity contribution in [2.24, 2.45) is 22.9 Å². The minimum absolute atomic E-state index is 0.0297. The number of allylic oxidation sites excluding steroid dienone is 2. The number of nitrogens with two attached hydrogens (primary N) is 4. The molecule has 37 heavy (non-hydrogen) atoms. The Hall–Kier alpha value is -1.67. The number of rotatable bonds is 11. The van der Waals surface area contributed by atoms with Crippen molar-refractivity contribution in [2.45, 2.75) is 92.9 Å². The van der Waals surface area contributed by atoms with Gasteiger partial charge in [0.1, 0.15) is 42.0 Å². The average Bonchev–Trinajstić information content (AvgIpc) is 2.85. The van der Waals surface area contributed by atoms with E-state index in [2.05, 4.69) is 5.32 Å². The highest BCUT2D eigenvalue weighted by atomic mass is 19.1. The molecule has 0 spiro atoms. The van der Waals surface area contributed by atoms with E-state index in [4.69, 9.17) is 37.1 Å². The fourth-order valence-electron chi connectivity index (χ4n) is 4.10. The van der Waals surface area contributed by atoms with Crippen molar-refractivity contribution in [1.82, 2.24) is 5.32 Å². The number of hydrogen-bond donors (Lipinski definition) is 12. The maximum Gasteiger partial charge on any atom is 0.202 e. The summed E-state index contributed by atoms with van der Waals surface area (Å²) >= 11 is 0. The van der Waals surface area contributed by atoms with E-state index in [1.807, 2.05) is 0 Å². The largest absolute Gasteiger partial charge is 0.510 e. The molecule has 12 atom stereocenters. The Morgan fingerprint density at radius 2 is 1.73 bits per heavy atom. The van der Waals surface area contributed by atoms with Gasteiger partial charge in [-0.05, 0) is 12.8 Å². The molecule has 0 aromatic heterocycles. The normalized spacial score (nSPS) is 39.6. The van der Waals surface area contributed by atoms with Gasteiger partial charge in [-0.15, -0.1) is 0 Å². The third kappa shape index (κ3) is 7.69. The number of aliphatic hydroxyl groups excluding tert-OH is 7. The maximum absolute atomic E-state index is 14.4. The van der Waals surface area contributed by atoms with Gasteiger partial charge < -0.3 is 78.2 Å². The summed E-state index contributed by atoms with van der Waals surface area (Å²) in [5.74, 6) is -0.383. The zero-order valence-corrected chi connectivity index (χ0v) is 20.4. The van der Waals surface area contributed by atoms with Gasteiger partial charge in [0.2, 0.25) is 6.29 Å². The van der Waals surface area contributed by atoms with Gasteiger partial charge in [0, 0.05) is 25.6 Å². The summed E-state index contributed by atoms with van der Waals surface area (Å²) in [6.45, 7) is -0.572. The van der Waals surface area contributed by atoms with Crippen LogP contribution in [0.25, 0.3) is 0 Å². The fraction of sp³-hybridized carbons (Fsp3) is 0.810. The van der Waals surface area contributed by atoms with Crippen molar-refractivity contribution in [1.29, 1.82) is 0 Å². The van der Waals surface area contributed by atoms with Crippen molar-refractivity contribution >= 4 is 0 Å². The minimum atomic E-state index is -1.93. The fourth-order valence-corrected chi connectivity index (χ4v) is 4.10. The molecule has 1 saturated heterocycles. The molecule has 2 fully saturated rings. The molecule has 16 N–H and O–H groups in total. The monoisotopic (exact) mass is 541 g/mol. The molecule has 6 unspecified atom stereocenters. The number of ether oxygens (including phenoxy) is 3. The summed E-state index contributed by atoms with van der Waals surface area (Å²) in [4.78, 5) is 0. The molecule has 15 nitrogen and oxygen atoms in total. The predicted molar refractivity (Wildman–Crippen MR) is 125 cm³/mol. The van der Waals surface area contributed by atoms with Crippen molar-refractivity contribution in [3.05, 3.63) is 23.2 Å². The lowest BCUT2D eigenvalue weighted by Crippen LogP contribution is -2.63. The lowest BCUT2D eigenvalue weighted by Gasteiger charge is -2.41. The van der Waals surface area contributed by atoms with Crippen LogP contribution in [-0.4, -0.2) is 123 Å². The SMILES string of the molecule is CN/C(=C(/O)CC/C=C(\N)[C@H](O)O[C@@H]1C(N)C[C@@H](N)C(O)[C@H]1F)C(O)O[C@H]1OC(CO)[C@@H](N)C(O)C1O. The second-order valence-electron chi connectivity index (χ2n) is 9.08. The smallest absolute Gasteiger partial charge is 0.202 e. The van der Waals surface area contributed by atoms with E-state index in [-0.39, 0.29) is 36.4 Å².